The topological polar surface area (TPSA) is 104 Å². The molecule has 0 bridgehead atoms. The van der Waals surface area contributed by atoms with E-state index in [4.69, 9.17) is 0 Å². The summed E-state index contributed by atoms with van der Waals surface area (Å²) in [5, 5.41) is 16.9. The number of rotatable bonds is 5. The van der Waals surface area contributed by atoms with Gasteiger partial charge in [0.15, 0.2) is 0 Å². The van der Waals surface area contributed by atoms with Crippen LogP contribution in [0, 0.1) is 11.8 Å². The van der Waals surface area contributed by atoms with E-state index in [0.717, 1.165) is 34.8 Å². The number of aromatic nitrogens is 2. The zero-order valence-corrected chi connectivity index (χ0v) is 14.5. The Hall–Kier alpha value is -2.96. The third kappa shape index (κ3) is 3.00. The van der Waals surface area contributed by atoms with Gasteiger partial charge in [0.25, 0.3) is 0 Å². The lowest BCUT2D eigenvalue weighted by Gasteiger charge is -2.13. The molecule has 0 radical (unpaired) electrons. The van der Waals surface area contributed by atoms with E-state index in [1.807, 2.05) is 12.1 Å². The molecule has 1 amide bonds. The molecular formula is C19H20N4O3. The second kappa shape index (κ2) is 6.40. The van der Waals surface area contributed by atoms with E-state index in [1.54, 1.807) is 19.4 Å². The van der Waals surface area contributed by atoms with Crippen molar-refractivity contribution in [3.8, 4) is 0 Å². The van der Waals surface area contributed by atoms with Gasteiger partial charge in [-0.3, -0.25) is 9.59 Å². The number of aliphatic carboxylic acids is 1. The fourth-order valence-corrected chi connectivity index (χ4v) is 3.36. The molecule has 2 aliphatic carbocycles. The summed E-state index contributed by atoms with van der Waals surface area (Å²) in [6.45, 7) is 0. The Morgan fingerprint density at radius 3 is 2.62 bits per heavy atom. The third-order valence-electron chi connectivity index (χ3n) is 5.02. The standard InChI is InChI=1S/C19H20N4O3/c1-20-17-15-9-21-16(23-18(24)10-2-3-10)7-13(15)14(8-22-17)11-4-5-12(6-11)19(25)26/h4,7-10,12H,2-3,5-6H2,1H3,(H,20,22)(H,25,26)(H,21,23,24). The normalized spacial score (nSPS) is 19.3. The molecule has 134 valence electrons. The van der Waals surface area contributed by atoms with E-state index in [-0.39, 0.29) is 17.7 Å². The van der Waals surface area contributed by atoms with Crippen LogP contribution in [-0.4, -0.2) is 34.0 Å². The lowest BCUT2D eigenvalue weighted by atomic mass is 9.98. The zero-order valence-electron chi connectivity index (χ0n) is 14.5. The lowest BCUT2D eigenvalue weighted by molar-refractivity contribution is -0.141. The maximum atomic E-state index is 12.0. The first-order valence-electron chi connectivity index (χ1n) is 8.76. The molecule has 26 heavy (non-hydrogen) atoms. The van der Waals surface area contributed by atoms with Crippen LogP contribution < -0.4 is 10.6 Å². The Morgan fingerprint density at radius 2 is 1.96 bits per heavy atom. The molecule has 4 rings (SSSR count). The number of nitrogens with zero attached hydrogens (tertiary/aromatic N) is 2. The molecule has 3 N–H and O–H groups in total. The van der Waals surface area contributed by atoms with E-state index in [0.29, 0.717) is 24.5 Å². The number of carboxylic acids is 1. The fraction of sp³-hybridized carbons (Fsp3) is 0.368. The summed E-state index contributed by atoms with van der Waals surface area (Å²) >= 11 is 0. The molecule has 1 fully saturated rings. The Kier molecular flexibility index (Phi) is 4.06. The minimum atomic E-state index is -0.778. The van der Waals surface area contributed by atoms with Crippen molar-refractivity contribution >= 4 is 39.9 Å². The van der Waals surface area contributed by atoms with Crippen LogP contribution in [0.4, 0.5) is 11.6 Å². The third-order valence-corrected chi connectivity index (χ3v) is 5.02. The number of fused-ring (bicyclic) bond motifs is 1. The first-order chi connectivity index (χ1) is 12.6. The Bertz CT molecular complexity index is 934. The predicted octanol–water partition coefficient (Wildman–Crippen LogP) is 2.90. The maximum Gasteiger partial charge on any atom is 0.307 e. The highest BCUT2D eigenvalue weighted by Crippen LogP contribution is 2.37. The number of carboxylic acid groups (broad SMARTS) is 1. The number of nitrogens with one attached hydrogen (secondary N) is 2. The van der Waals surface area contributed by atoms with Crippen molar-refractivity contribution in [2.45, 2.75) is 25.7 Å². The van der Waals surface area contributed by atoms with Gasteiger partial charge in [0, 0.05) is 36.3 Å². The summed E-state index contributed by atoms with van der Waals surface area (Å²) in [6, 6.07) is 1.85. The van der Waals surface area contributed by atoms with Crippen molar-refractivity contribution < 1.29 is 14.7 Å². The summed E-state index contributed by atoms with van der Waals surface area (Å²) in [5.74, 6) is 0.153. The first kappa shape index (κ1) is 16.5. The number of hydrogen-bond acceptors (Lipinski definition) is 5. The average Bonchev–Trinajstić information content (AvgIpc) is 3.37. The number of anilines is 2. The van der Waals surface area contributed by atoms with Gasteiger partial charge < -0.3 is 15.7 Å². The largest absolute Gasteiger partial charge is 0.481 e. The minimum Gasteiger partial charge on any atom is -0.481 e. The highest BCUT2D eigenvalue weighted by atomic mass is 16.4. The molecule has 0 aromatic carbocycles. The quantitative estimate of drug-likeness (QED) is 0.764. The van der Waals surface area contributed by atoms with Crippen LogP contribution >= 0.6 is 0 Å². The molecule has 2 heterocycles. The predicted molar refractivity (Wildman–Crippen MR) is 98.8 cm³/mol. The summed E-state index contributed by atoms with van der Waals surface area (Å²) in [7, 11) is 1.79. The van der Waals surface area contributed by atoms with Crippen molar-refractivity contribution in [3.63, 3.8) is 0 Å². The van der Waals surface area contributed by atoms with Gasteiger partial charge in [-0.05, 0) is 42.7 Å². The smallest absolute Gasteiger partial charge is 0.307 e. The van der Waals surface area contributed by atoms with Gasteiger partial charge >= 0.3 is 5.97 Å². The minimum absolute atomic E-state index is 0.00678. The van der Waals surface area contributed by atoms with Gasteiger partial charge in [-0.2, -0.15) is 0 Å². The van der Waals surface area contributed by atoms with Crippen LogP contribution in [0.3, 0.4) is 0 Å². The molecule has 0 aliphatic heterocycles. The van der Waals surface area contributed by atoms with Crippen LogP contribution in [0.5, 0.6) is 0 Å². The van der Waals surface area contributed by atoms with Crippen molar-refractivity contribution in [2.75, 3.05) is 17.7 Å². The summed E-state index contributed by atoms with van der Waals surface area (Å²) in [4.78, 5) is 32.1. The van der Waals surface area contributed by atoms with E-state index in [9.17, 15) is 14.7 Å². The van der Waals surface area contributed by atoms with Crippen LogP contribution in [-0.2, 0) is 9.59 Å². The maximum absolute atomic E-state index is 12.0. The molecule has 2 aromatic heterocycles. The summed E-state index contributed by atoms with van der Waals surface area (Å²) in [5.41, 5.74) is 1.87. The number of carbonyl (C=O) groups is 2. The van der Waals surface area contributed by atoms with Crippen molar-refractivity contribution in [3.05, 3.63) is 30.1 Å². The highest BCUT2D eigenvalue weighted by Gasteiger charge is 2.30. The number of amides is 1. The van der Waals surface area contributed by atoms with Gasteiger partial charge in [0.1, 0.15) is 11.6 Å². The van der Waals surface area contributed by atoms with Crippen LogP contribution in [0.15, 0.2) is 24.5 Å². The zero-order chi connectivity index (χ0) is 18.3. The Balaban J connectivity index is 1.74. The number of pyridine rings is 2. The SMILES string of the molecule is CNc1ncc(C2=CCC(C(=O)O)C2)c2cc(NC(=O)C3CC3)ncc12. The molecule has 2 aliphatic rings. The molecule has 0 saturated heterocycles. The monoisotopic (exact) mass is 352 g/mol. The van der Waals surface area contributed by atoms with Crippen LogP contribution in [0.25, 0.3) is 16.3 Å². The molecule has 1 unspecified atom stereocenters. The Morgan fingerprint density at radius 1 is 1.15 bits per heavy atom. The van der Waals surface area contributed by atoms with E-state index >= 15 is 0 Å². The second-order valence-corrected chi connectivity index (χ2v) is 6.85. The van der Waals surface area contributed by atoms with Crippen LogP contribution in [0.2, 0.25) is 0 Å². The van der Waals surface area contributed by atoms with Crippen molar-refractivity contribution in [2.24, 2.45) is 11.8 Å². The van der Waals surface area contributed by atoms with Crippen LogP contribution in [0.1, 0.15) is 31.2 Å². The van der Waals surface area contributed by atoms with Crippen molar-refractivity contribution in [1.29, 1.82) is 0 Å². The molecule has 1 saturated carbocycles. The lowest BCUT2D eigenvalue weighted by Crippen LogP contribution is -2.14. The van der Waals surface area contributed by atoms with E-state index < -0.39 is 5.97 Å². The number of carbonyl (C=O) groups excluding carboxylic acids is 1. The molecule has 7 nitrogen and oxygen atoms in total. The van der Waals surface area contributed by atoms with Gasteiger partial charge in [-0.15, -0.1) is 0 Å². The fourth-order valence-electron chi connectivity index (χ4n) is 3.36. The molecular weight excluding hydrogens is 332 g/mol. The second-order valence-electron chi connectivity index (χ2n) is 6.85. The van der Waals surface area contributed by atoms with Gasteiger partial charge in [0.05, 0.1) is 5.92 Å². The Labute approximate surface area is 150 Å². The van der Waals surface area contributed by atoms with Gasteiger partial charge in [-0.25, -0.2) is 9.97 Å². The average molecular weight is 352 g/mol. The molecule has 0 spiro atoms. The van der Waals surface area contributed by atoms with E-state index in [2.05, 4.69) is 20.6 Å². The molecule has 1 atom stereocenters. The van der Waals surface area contributed by atoms with Gasteiger partial charge in [-0.1, -0.05) is 6.08 Å². The summed E-state index contributed by atoms with van der Waals surface area (Å²) in [6.07, 6.45) is 8.30. The summed E-state index contributed by atoms with van der Waals surface area (Å²) < 4.78 is 0. The molecule has 7 heteroatoms. The molecule has 2 aromatic rings. The van der Waals surface area contributed by atoms with Gasteiger partial charge in [0.2, 0.25) is 5.91 Å². The highest BCUT2D eigenvalue weighted by molar-refractivity contribution is 6.02. The van der Waals surface area contributed by atoms with Crippen molar-refractivity contribution in [1.82, 2.24) is 9.97 Å². The first-order valence-corrected chi connectivity index (χ1v) is 8.76. The number of hydrogen-bond donors (Lipinski definition) is 3. The van der Waals surface area contributed by atoms with E-state index in [1.165, 1.54) is 0 Å². The number of allylic oxidation sites excluding steroid dienone is 2.